The second-order valence-corrected chi connectivity index (χ2v) is 4.68. The van der Waals surface area contributed by atoms with Crippen LogP contribution in [0.4, 0.5) is 0 Å². The molecule has 0 aromatic heterocycles. The summed E-state index contributed by atoms with van der Waals surface area (Å²) in [6, 6.07) is 6.20. The fraction of sp³-hybridized carbons (Fsp3) is 0.357. The normalized spacial score (nSPS) is 9.84. The van der Waals surface area contributed by atoms with E-state index in [2.05, 4.69) is 48.7 Å². The van der Waals surface area contributed by atoms with E-state index in [1.807, 2.05) is 6.07 Å². The Kier molecular flexibility index (Phi) is 6.32. The van der Waals surface area contributed by atoms with Crippen molar-refractivity contribution in [3.63, 3.8) is 0 Å². The van der Waals surface area contributed by atoms with Gasteiger partial charge in [0, 0.05) is 13.7 Å². The van der Waals surface area contributed by atoms with Gasteiger partial charge < -0.3 is 10.1 Å². The van der Waals surface area contributed by atoms with Crippen molar-refractivity contribution in [2.24, 2.45) is 0 Å². The maximum atomic E-state index is 5.10. The largest absolute Gasteiger partial charge is 0.383 e. The van der Waals surface area contributed by atoms with Crippen LogP contribution in [0.25, 0.3) is 5.70 Å². The van der Waals surface area contributed by atoms with Gasteiger partial charge in [-0.3, -0.25) is 10.9 Å². The number of hydrazine groups is 1. The highest BCUT2D eigenvalue weighted by Gasteiger charge is 2.01. The Labute approximate surface area is 120 Å². The van der Waals surface area contributed by atoms with Crippen LogP contribution in [0.15, 0.2) is 24.8 Å². The summed E-state index contributed by atoms with van der Waals surface area (Å²) in [7, 11) is 1.65. The lowest BCUT2D eigenvalue weighted by atomic mass is 10.1. The van der Waals surface area contributed by atoms with E-state index < -0.39 is 0 Å². The summed E-state index contributed by atoms with van der Waals surface area (Å²) in [5, 5.41) is 3.52. The molecule has 0 atom stereocenters. The predicted molar refractivity (Wildman–Crippen MR) is 83.7 cm³/mol. The molecule has 0 unspecified atom stereocenters. The Bertz CT molecular complexity index is 460. The zero-order valence-corrected chi connectivity index (χ0v) is 12.5. The standard InChI is InChI=1S/C14H21N3OS/c1-10-5-6-13(9-11(10)2)12(3)16-17-14(19)15-7-8-18-4/h5-6,9,16H,3,7-8H2,1-2,4H3,(H2,15,17,19). The minimum atomic E-state index is 0.516. The summed E-state index contributed by atoms with van der Waals surface area (Å²) in [5.74, 6) is 0. The summed E-state index contributed by atoms with van der Waals surface area (Å²) >= 11 is 5.10. The van der Waals surface area contributed by atoms with E-state index in [-0.39, 0.29) is 0 Å². The summed E-state index contributed by atoms with van der Waals surface area (Å²) in [6.45, 7) is 9.42. The van der Waals surface area contributed by atoms with Crippen LogP contribution in [0.2, 0.25) is 0 Å². The fourth-order valence-corrected chi connectivity index (χ4v) is 1.60. The summed E-state index contributed by atoms with van der Waals surface area (Å²) in [6.07, 6.45) is 0. The van der Waals surface area contributed by atoms with Gasteiger partial charge in [-0.15, -0.1) is 0 Å². The molecule has 0 fully saturated rings. The Morgan fingerprint density at radius 3 is 2.63 bits per heavy atom. The Balaban J connectivity index is 2.42. The molecule has 0 aliphatic rings. The first-order valence-electron chi connectivity index (χ1n) is 6.10. The van der Waals surface area contributed by atoms with Gasteiger partial charge in [-0.1, -0.05) is 18.7 Å². The lowest BCUT2D eigenvalue weighted by Gasteiger charge is -2.15. The third-order valence-corrected chi connectivity index (χ3v) is 3.02. The minimum Gasteiger partial charge on any atom is -0.383 e. The van der Waals surface area contributed by atoms with Crippen LogP contribution >= 0.6 is 12.2 Å². The number of nitrogens with one attached hydrogen (secondary N) is 3. The highest BCUT2D eigenvalue weighted by molar-refractivity contribution is 7.80. The number of methoxy groups -OCH3 is 1. The summed E-state index contributed by atoms with van der Waals surface area (Å²) < 4.78 is 4.92. The van der Waals surface area contributed by atoms with Gasteiger partial charge >= 0.3 is 0 Å². The van der Waals surface area contributed by atoms with Gasteiger partial charge in [-0.25, -0.2) is 0 Å². The molecule has 0 amide bonds. The van der Waals surface area contributed by atoms with Gasteiger partial charge in [-0.2, -0.15) is 0 Å². The van der Waals surface area contributed by atoms with E-state index >= 15 is 0 Å². The SMILES string of the molecule is C=C(NNC(=S)NCCOC)c1ccc(C)c(C)c1. The molecule has 1 rings (SSSR count). The zero-order chi connectivity index (χ0) is 14.3. The second-order valence-electron chi connectivity index (χ2n) is 4.28. The van der Waals surface area contributed by atoms with Crippen molar-refractivity contribution in [1.82, 2.24) is 16.2 Å². The van der Waals surface area contributed by atoms with Gasteiger partial charge in [0.05, 0.1) is 12.3 Å². The molecule has 3 N–H and O–H groups in total. The molecule has 0 bridgehead atoms. The van der Waals surface area contributed by atoms with Crippen molar-refractivity contribution < 1.29 is 4.74 Å². The van der Waals surface area contributed by atoms with Gasteiger partial charge in [0.1, 0.15) is 0 Å². The number of thiocarbonyl (C=S) groups is 1. The van der Waals surface area contributed by atoms with Gasteiger partial charge in [0.2, 0.25) is 0 Å². The molecular formula is C14H21N3OS. The monoisotopic (exact) mass is 279 g/mol. The molecule has 1 aromatic rings. The van der Waals surface area contributed by atoms with Crippen LogP contribution in [0, 0.1) is 13.8 Å². The molecule has 0 spiro atoms. The molecule has 0 saturated heterocycles. The van der Waals surface area contributed by atoms with Crippen LogP contribution in [-0.2, 0) is 4.74 Å². The maximum Gasteiger partial charge on any atom is 0.185 e. The van der Waals surface area contributed by atoms with Crippen LogP contribution in [0.5, 0.6) is 0 Å². The first-order chi connectivity index (χ1) is 9.04. The van der Waals surface area contributed by atoms with Crippen LogP contribution in [-0.4, -0.2) is 25.4 Å². The molecule has 0 aliphatic heterocycles. The van der Waals surface area contributed by atoms with Crippen molar-refractivity contribution in [2.75, 3.05) is 20.3 Å². The Morgan fingerprint density at radius 2 is 2.00 bits per heavy atom. The smallest absolute Gasteiger partial charge is 0.185 e. The number of rotatable bonds is 6. The molecule has 0 aliphatic carbocycles. The number of hydrogen-bond acceptors (Lipinski definition) is 3. The molecule has 0 radical (unpaired) electrons. The van der Waals surface area contributed by atoms with Crippen molar-refractivity contribution in [1.29, 1.82) is 0 Å². The third kappa shape index (κ3) is 5.28. The molecule has 0 heterocycles. The van der Waals surface area contributed by atoms with Crippen molar-refractivity contribution in [3.05, 3.63) is 41.5 Å². The van der Waals surface area contributed by atoms with E-state index in [0.717, 1.165) is 11.3 Å². The second kappa shape index (κ2) is 7.76. The number of ether oxygens (including phenoxy) is 1. The maximum absolute atomic E-state index is 5.10. The molecule has 4 nitrogen and oxygen atoms in total. The highest BCUT2D eigenvalue weighted by atomic mass is 32.1. The van der Waals surface area contributed by atoms with Crippen molar-refractivity contribution in [2.45, 2.75) is 13.8 Å². The molecule has 19 heavy (non-hydrogen) atoms. The number of benzene rings is 1. The van der Waals surface area contributed by atoms with Crippen molar-refractivity contribution in [3.8, 4) is 0 Å². The molecule has 0 saturated carbocycles. The number of hydrogen-bond donors (Lipinski definition) is 3. The Hall–Kier alpha value is -1.59. The lowest BCUT2D eigenvalue weighted by molar-refractivity contribution is 0.204. The first-order valence-corrected chi connectivity index (χ1v) is 6.50. The molecule has 1 aromatic carbocycles. The van der Waals surface area contributed by atoms with Gasteiger partial charge in [-0.05, 0) is 48.8 Å². The zero-order valence-electron chi connectivity index (χ0n) is 11.7. The number of aryl methyl sites for hydroxylation is 2. The van der Waals surface area contributed by atoms with E-state index in [9.17, 15) is 0 Å². The van der Waals surface area contributed by atoms with E-state index in [4.69, 9.17) is 17.0 Å². The third-order valence-electron chi connectivity index (χ3n) is 2.77. The average molecular weight is 279 g/mol. The van der Waals surface area contributed by atoms with Crippen LogP contribution < -0.4 is 16.2 Å². The van der Waals surface area contributed by atoms with E-state index in [1.54, 1.807) is 7.11 Å². The molecule has 5 heteroatoms. The summed E-state index contributed by atoms with van der Waals surface area (Å²) in [4.78, 5) is 0. The lowest BCUT2D eigenvalue weighted by Crippen LogP contribution is -2.43. The molecule has 104 valence electrons. The molecular weight excluding hydrogens is 258 g/mol. The summed E-state index contributed by atoms with van der Waals surface area (Å²) in [5.41, 5.74) is 10.2. The quantitative estimate of drug-likeness (QED) is 0.422. The first kappa shape index (κ1) is 15.5. The van der Waals surface area contributed by atoms with Crippen molar-refractivity contribution >= 4 is 23.0 Å². The minimum absolute atomic E-state index is 0.516. The average Bonchev–Trinajstić information content (AvgIpc) is 2.39. The van der Waals surface area contributed by atoms with Gasteiger partial charge in [0.15, 0.2) is 5.11 Å². The van der Waals surface area contributed by atoms with Gasteiger partial charge in [0.25, 0.3) is 0 Å². The fourth-order valence-electron chi connectivity index (χ4n) is 1.44. The topological polar surface area (TPSA) is 45.3 Å². The van der Waals surface area contributed by atoms with E-state index in [0.29, 0.717) is 18.3 Å². The van der Waals surface area contributed by atoms with Crippen LogP contribution in [0.1, 0.15) is 16.7 Å². The predicted octanol–water partition coefficient (Wildman–Crippen LogP) is 1.89. The van der Waals surface area contributed by atoms with Crippen LogP contribution in [0.3, 0.4) is 0 Å². The van der Waals surface area contributed by atoms with E-state index in [1.165, 1.54) is 11.1 Å². The Morgan fingerprint density at radius 1 is 1.26 bits per heavy atom. The highest BCUT2D eigenvalue weighted by Crippen LogP contribution is 2.14.